The van der Waals surface area contributed by atoms with E-state index < -0.39 is 0 Å². The number of nitrogens with one attached hydrogen (secondary N) is 1. The Hall–Kier alpha value is -1.39. The highest BCUT2D eigenvalue weighted by Gasteiger charge is 2.29. The Morgan fingerprint density at radius 1 is 1.29 bits per heavy atom. The first-order chi connectivity index (χ1) is 10.0. The molecule has 1 aliphatic rings. The van der Waals surface area contributed by atoms with Gasteiger partial charge in [-0.3, -0.25) is 9.69 Å². The molecule has 21 heavy (non-hydrogen) atoms. The molecular weight excluding hydrogens is 262 g/mol. The molecule has 0 atom stereocenters. The average molecular weight is 289 g/mol. The van der Waals surface area contributed by atoms with Gasteiger partial charge in [0, 0.05) is 32.2 Å². The molecule has 116 valence electrons. The lowest BCUT2D eigenvalue weighted by atomic mass is 9.90. The van der Waals surface area contributed by atoms with Crippen LogP contribution in [0.2, 0.25) is 0 Å². The molecule has 0 bridgehead atoms. The van der Waals surface area contributed by atoms with E-state index in [1.54, 1.807) is 0 Å². The van der Waals surface area contributed by atoms with Gasteiger partial charge in [-0.05, 0) is 32.4 Å². The molecule has 1 heterocycles. The van der Waals surface area contributed by atoms with Crippen molar-refractivity contribution >= 4 is 5.91 Å². The third kappa shape index (κ3) is 4.55. The molecule has 0 unspecified atom stereocenters. The quantitative estimate of drug-likeness (QED) is 0.896. The second kappa shape index (κ2) is 7.05. The van der Waals surface area contributed by atoms with Crippen molar-refractivity contribution in [2.45, 2.75) is 31.8 Å². The van der Waals surface area contributed by atoms with Crippen LogP contribution in [0, 0.1) is 0 Å². The first-order valence-electron chi connectivity index (χ1n) is 7.71. The van der Waals surface area contributed by atoms with Crippen LogP contribution >= 0.6 is 0 Å². The Balaban J connectivity index is 1.79. The van der Waals surface area contributed by atoms with Gasteiger partial charge < -0.3 is 10.2 Å². The van der Waals surface area contributed by atoms with Crippen LogP contribution in [0.1, 0.15) is 25.3 Å². The zero-order chi connectivity index (χ0) is 15.3. The maximum absolute atomic E-state index is 12.3. The van der Waals surface area contributed by atoms with Crippen molar-refractivity contribution in [3.05, 3.63) is 35.9 Å². The molecule has 4 nitrogen and oxygen atoms in total. The van der Waals surface area contributed by atoms with E-state index in [-0.39, 0.29) is 11.4 Å². The molecule has 0 radical (unpaired) electrons. The number of likely N-dealkylation sites (tertiary alicyclic amines) is 1. The van der Waals surface area contributed by atoms with Crippen molar-refractivity contribution in [2.24, 2.45) is 0 Å². The fourth-order valence-corrected chi connectivity index (χ4v) is 2.71. The molecule has 0 saturated carbocycles. The summed E-state index contributed by atoms with van der Waals surface area (Å²) in [7, 11) is 3.91. The van der Waals surface area contributed by atoms with Crippen LogP contribution < -0.4 is 5.32 Å². The van der Waals surface area contributed by atoms with Gasteiger partial charge in [-0.1, -0.05) is 30.3 Å². The predicted molar refractivity (Wildman–Crippen MR) is 86.1 cm³/mol. The van der Waals surface area contributed by atoms with Gasteiger partial charge in [-0.15, -0.1) is 0 Å². The van der Waals surface area contributed by atoms with E-state index in [0.29, 0.717) is 13.1 Å². The van der Waals surface area contributed by atoms with E-state index in [9.17, 15) is 4.79 Å². The summed E-state index contributed by atoms with van der Waals surface area (Å²) in [6, 6.07) is 10.1. The number of hydrogen-bond donors (Lipinski definition) is 1. The van der Waals surface area contributed by atoms with Crippen molar-refractivity contribution in [3.63, 3.8) is 0 Å². The third-order valence-electron chi connectivity index (χ3n) is 4.61. The summed E-state index contributed by atoms with van der Waals surface area (Å²) >= 11 is 0. The lowest BCUT2D eigenvalue weighted by molar-refractivity contribution is -0.132. The molecule has 0 aliphatic carbocycles. The first-order valence-corrected chi connectivity index (χ1v) is 7.71. The van der Waals surface area contributed by atoms with Gasteiger partial charge in [-0.25, -0.2) is 0 Å². The van der Waals surface area contributed by atoms with Crippen molar-refractivity contribution in [1.29, 1.82) is 0 Å². The normalized spacial score (nSPS) is 18.4. The Morgan fingerprint density at radius 3 is 2.48 bits per heavy atom. The number of rotatable bonds is 5. The standard InChI is InChI=1S/C17H27N3O/c1-17(18-2)9-11-20(12-10-17)14-16(21)19(3)13-15-7-5-4-6-8-15/h4-8,18H,9-14H2,1-3H3. The fourth-order valence-electron chi connectivity index (χ4n) is 2.71. The van der Waals surface area contributed by atoms with Gasteiger partial charge in [-0.2, -0.15) is 0 Å². The summed E-state index contributed by atoms with van der Waals surface area (Å²) in [6.45, 7) is 5.45. The summed E-state index contributed by atoms with van der Waals surface area (Å²) in [5.41, 5.74) is 1.41. The van der Waals surface area contributed by atoms with Crippen molar-refractivity contribution in [1.82, 2.24) is 15.1 Å². The number of piperidine rings is 1. The highest BCUT2D eigenvalue weighted by Crippen LogP contribution is 2.20. The van der Waals surface area contributed by atoms with Crippen LogP contribution in [-0.2, 0) is 11.3 Å². The molecule has 1 saturated heterocycles. The highest BCUT2D eigenvalue weighted by atomic mass is 16.2. The van der Waals surface area contributed by atoms with E-state index in [0.717, 1.165) is 25.9 Å². The largest absolute Gasteiger partial charge is 0.340 e. The van der Waals surface area contributed by atoms with E-state index in [1.807, 2.05) is 37.2 Å². The SMILES string of the molecule is CNC1(C)CCN(CC(=O)N(C)Cc2ccccc2)CC1. The van der Waals surface area contributed by atoms with Crippen molar-refractivity contribution in [2.75, 3.05) is 33.7 Å². The maximum Gasteiger partial charge on any atom is 0.236 e. The molecule has 1 fully saturated rings. The third-order valence-corrected chi connectivity index (χ3v) is 4.61. The van der Waals surface area contributed by atoms with Crippen LogP contribution in [-0.4, -0.2) is 55.0 Å². The minimum atomic E-state index is 0.201. The molecule has 1 amide bonds. The number of amides is 1. The number of benzene rings is 1. The van der Waals surface area contributed by atoms with E-state index in [1.165, 1.54) is 5.56 Å². The number of carbonyl (C=O) groups is 1. The molecule has 0 spiro atoms. The van der Waals surface area contributed by atoms with E-state index in [4.69, 9.17) is 0 Å². The molecule has 1 aromatic carbocycles. The molecule has 2 rings (SSSR count). The number of hydrogen-bond acceptors (Lipinski definition) is 3. The summed E-state index contributed by atoms with van der Waals surface area (Å²) in [5.74, 6) is 0.201. The van der Waals surface area contributed by atoms with Gasteiger partial charge in [0.1, 0.15) is 0 Å². The van der Waals surface area contributed by atoms with Crippen LogP contribution in [0.5, 0.6) is 0 Å². The number of nitrogens with zero attached hydrogens (tertiary/aromatic N) is 2. The Bertz CT molecular complexity index is 452. The monoisotopic (exact) mass is 289 g/mol. The van der Waals surface area contributed by atoms with Gasteiger partial charge >= 0.3 is 0 Å². The molecule has 4 heteroatoms. The number of carbonyl (C=O) groups excluding carboxylic acids is 1. The van der Waals surface area contributed by atoms with Gasteiger partial charge in [0.25, 0.3) is 0 Å². The molecule has 1 aromatic rings. The van der Waals surface area contributed by atoms with Gasteiger partial charge in [0.15, 0.2) is 0 Å². The van der Waals surface area contributed by atoms with Crippen LogP contribution in [0.25, 0.3) is 0 Å². The Labute approximate surface area is 128 Å². The fraction of sp³-hybridized carbons (Fsp3) is 0.588. The Morgan fingerprint density at radius 2 is 1.90 bits per heavy atom. The average Bonchev–Trinajstić information content (AvgIpc) is 2.50. The van der Waals surface area contributed by atoms with Crippen LogP contribution in [0.15, 0.2) is 30.3 Å². The second-order valence-electron chi connectivity index (χ2n) is 6.32. The molecule has 0 aromatic heterocycles. The van der Waals surface area contributed by atoms with Gasteiger partial charge in [0.05, 0.1) is 6.54 Å². The Kier molecular flexibility index (Phi) is 5.37. The predicted octanol–water partition coefficient (Wildman–Crippen LogP) is 1.72. The highest BCUT2D eigenvalue weighted by molar-refractivity contribution is 5.78. The minimum absolute atomic E-state index is 0.201. The van der Waals surface area contributed by atoms with Crippen molar-refractivity contribution < 1.29 is 4.79 Å². The minimum Gasteiger partial charge on any atom is -0.340 e. The molecule has 1 aliphatic heterocycles. The van der Waals surface area contributed by atoms with E-state index >= 15 is 0 Å². The lowest BCUT2D eigenvalue weighted by Gasteiger charge is -2.39. The summed E-state index contributed by atoms with van der Waals surface area (Å²) in [6.07, 6.45) is 2.19. The summed E-state index contributed by atoms with van der Waals surface area (Å²) in [5, 5.41) is 3.39. The van der Waals surface area contributed by atoms with Crippen molar-refractivity contribution in [3.8, 4) is 0 Å². The maximum atomic E-state index is 12.3. The summed E-state index contributed by atoms with van der Waals surface area (Å²) < 4.78 is 0. The van der Waals surface area contributed by atoms with E-state index in [2.05, 4.69) is 29.3 Å². The lowest BCUT2D eigenvalue weighted by Crippen LogP contribution is -2.51. The first kappa shape index (κ1) is 16.0. The zero-order valence-corrected chi connectivity index (χ0v) is 13.4. The number of likely N-dealkylation sites (N-methyl/N-ethyl adjacent to an activating group) is 1. The topological polar surface area (TPSA) is 35.6 Å². The van der Waals surface area contributed by atoms with Crippen LogP contribution in [0.4, 0.5) is 0 Å². The zero-order valence-electron chi connectivity index (χ0n) is 13.4. The molecular formula is C17H27N3O. The second-order valence-corrected chi connectivity index (χ2v) is 6.32. The molecule has 1 N–H and O–H groups in total. The van der Waals surface area contributed by atoms with Crippen LogP contribution in [0.3, 0.4) is 0 Å². The summed E-state index contributed by atoms with van der Waals surface area (Å²) in [4.78, 5) is 16.4. The van der Waals surface area contributed by atoms with Gasteiger partial charge in [0.2, 0.25) is 5.91 Å². The smallest absolute Gasteiger partial charge is 0.236 e.